The maximum absolute atomic E-state index is 12.4. The van der Waals surface area contributed by atoms with Gasteiger partial charge in [-0.15, -0.1) is 0 Å². The molecule has 4 heteroatoms. The Balaban J connectivity index is 2.70. The predicted molar refractivity (Wildman–Crippen MR) is 88.9 cm³/mol. The zero-order valence-corrected chi connectivity index (χ0v) is 14.6. The minimum absolute atomic E-state index is 0.185. The molecule has 0 aromatic heterocycles. The molecule has 0 saturated heterocycles. The second kappa shape index (κ2) is 8.18. The number of carbonyl (C=O) groups excluding carboxylic acids is 1. The summed E-state index contributed by atoms with van der Waals surface area (Å²) in [4.78, 5) is 12.4. The smallest absolute Gasteiger partial charge is 0.323 e. The molecule has 0 heterocycles. The maximum Gasteiger partial charge on any atom is 0.323 e. The number of nitrogens with one attached hydrogen (secondary N) is 1. The fourth-order valence-corrected chi connectivity index (χ4v) is 2.09. The van der Waals surface area contributed by atoms with Crippen LogP contribution >= 0.6 is 0 Å². The van der Waals surface area contributed by atoms with E-state index < -0.39 is 5.60 Å². The Hall–Kier alpha value is -1.55. The topological polar surface area (TPSA) is 47.6 Å². The molecule has 0 aliphatic rings. The van der Waals surface area contributed by atoms with E-state index in [9.17, 15) is 4.79 Å². The van der Waals surface area contributed by atoms with Crippen LogP contribution in [0.1, 0.15) is 46.6 Å². The van der Waals surface area contributed by atoms with Gasteiger partial charge in [-0.2, -0.15) is 0 Å². The van der Waals surface area contributed by atoms with Crippen molar-refractivity contribution in [3.63, 3.8) is 0 Å². The van der Waals surface area contributed by atoms with Crippen LogP contribution in [-0.4, -0.2) is 24.7 Å². The van der Waals surface area contributed by atoms with E-state index in [1.54, 1.807) is 7.11 Å². The molecule has 0 fully saturated rings. The highest BCUT2D eigenvalue weighted by Crippen LogP contribution is 2.16. The Labute approximate surface area is 134 Å². The summed E-state index contributed by atoms with van der Waals surface area (Å²) >= 11 is 0. The number of benzene rings is 1. The van der Waals surface area contributed by atoms with Crippen LogP contribution in [0.4, 0.5) is 0 Å². The summed E-state index contributed by atoms with van der Waals surface area (Å²) in [6, 6.07) is 7.53. The summed E-state index contributed by atoms with van der Waals surface area (Å²) in [5, 5.41) is 3.33. The van der Waals surface area contributed by atoms with E-state index >= 15 is 0 Å². The highest BCUT2D eigenvalue weighted by Gasteiger charge is 2.28. The molecule has 0 radical (unpaired) electrons. The summed E-state index contributed by atoms with van der Waals surface area (Å²) in [6.45, 7) is 10.4. The van der Waals surface area contributed by atoms with Gasteiger partial charge >= 0.3 is 5.97 Å². The first kappa shape index (κ1) is 18.5. The summed E-state index contributed by atoms with van der Waals surface area (Å²) in [6.07, 6.45) is 0.916. The molecular formula is C18H29NO3. The monoisotopic (exact) mass is 307 g/mol. The van der Waals surface area contributed by atoms with Crippen LogP contribution in [0.5, 0.6) is 5.75 Å². The fourth-order valence-electron chi connectivity index (χ4n) is 2.09. The van der Waals surface area contributed by atoms with Crippen LogP contribution in [0.15, 0.2) is 24.3 Å². The largest absolute Gasteiger partial charge is 0.497 e. The Morgan fingerprint density at radius 2 is 1.82 bits per heavy atom. The molecule has 0 spiro atoms. The van der Waals surface area contributed by atoms with Crippen molar-refractivity contribution in [3.05, 3.63) is 29.8 Å². The molecule has 0 bridgehead atoms. The molecule has 1 aromatic carbocycles. The summed E-state index contributed by atoms with van der Waals surface area (Å²) in [5.74, 6) is 0.859. The summed E-state index contributed by atoms with van der Waals surface area (Å²) in [7, 11) is 1.65. The van der Waals surface area contributed by atoms with Gasteiger partial charge in [-0.25, -0.2) is 0 Å². The van der Waals surface area contributed by atoms with Gasteiger partial charge in [0.05, 0.1) is 7.11 Å². The molecular weight excluding hydrogens is 278 g/mol. The molecule has 124 valence electrons. The third-order valence-corrected chi connectivity index (χ3v) is 3.56. The van der Waals surface area contributed by atoms with Crippen LogP contribution in [-0.2, 0) is 16.1 Å². The Bertz CT molecular complexity index is 462. The van der Waals surface area contributed by atoms with Crippen LogP contribution in [0, 0.1) is 5.92 Å². The van der Waals surface area contributed by atoms with E-state index in [4.69, 9.17) is 9.47 Å². The van der Waals surface area contributed by atoms with Crippen molar-refractivity contribution in [2.24, 2.45) is 5.92 Å². The summed E-state index contributed by atoms with van der Waals surface area (Å²) in [5.41, 5.74) is 0.641. The SMILES string of the molecule is CC[C@H](C)[C@H](NCc1ccc(OC)cc1)C(=O)OC(C)(C)C. The predicted octanol–water partition coefficient (Wildman–Crippen LogP) is 3.54. The fraction of sp³-hybridized carbons (Fsp3) is 0.611. The second-order valence-electron chi connectivity index (χ2n) is 6.63. The molecule has 0 aliphatic carbocycles. The molecule has 0 aliphatic heterocycles. The van der Waals surface area contributed by atoms with Gasteiger partial charge in [-0.05, 0) is 44.4 Å². The lowest BCUT2D eigenvalue weighted by Gasteiger charge is -2.27. The Morgan fingerprint density at radius 1 is 1.23 bits per heavy atom. The van der Waals surface area contributed by atoms with E-state index in [0.29, 0.717) is 6.54 Å². The molecule has 0 saturated carbocycles. The van der Waals surface area contributed by atoms with Crippen molar-refractivity contribution in [3.8, 4) is 5.75 Å². The average molecular weight is 307 g/mol. The third-order valence-electron chi connectivity index (χ3n) is 3.56. The van der Waals surface area contributed by atoms with Crippen molar-refractivity contribution < 1.29 is 14.3 Å². The molecule has 0 amide bonds. The quantitative estimate of drug-likeness (QED) is 0.783. The van der Waals surface area contributed by atoms with Gasteiger partial charge < -0.3 is 14.8 Å². The number of hydrogen-bond donors (Lipinski definition) is 1. The van der Waals surface area contributed by atoms with E-state index in [0.717, 1.165) is 17.7 Å². The lowest BCUT2D eigenvalue weighted by molar-refractivity contribution is -0.159. The van der Waals surface area contributed by atoms with E-state index in [2.05, 4.69) is 19.2 Å². The highest BCUT2D eigenvalue weighted by atomic mass is 16.6. The average Bonchev–Trinajstić information content (AvgIpc) is 2.46. The first-order valence-corrected chi connectivity index (χ1v) is 7.86. The highest BCUT2D eigenvalue weighted by molar-refractivity contribution is 5.76. The van der Waals surface area contributed by atoms with E-state index in [1.807, 2.05) is 45.0 Å². The second-order valence-corrected chi connectivity index (χ2v) is 6.63. The molecule has 1 aromatic rings. The Morgan fingerprint density at radius 3 is 2.27 bits per heavy atom. The molecule has 1 rings (SSSR count). The summed E-state index contributed by atoms with van der Waals surface area (Å²) < 4.78 is 10.7. The molecule has 0 unspecified atom stereocenters. The van der Waals surface area contributed by atoms with Gasteiger partial charge in [0.15, 0.2) is 0 Å². The van der Waals surface area contributed by atoms with Crippen LogP contribution in [0.3, 0.4) is 0 Å². The van der Waals surface area contributed by atoms with Gasteiger partial charge in [-0.3, -0.25) is 4.79 Å². The van der Waals surface area contributed by atoms with Crippen LogP contribution in [0.2, 0.25) is 0 Å². The van der Waals surface area contributed by atoms with Crippen LogP contribution in [0.25, 0.3) is 0 Å². The normalized spacial score (nSPS) is 14.3. The maximum atomic E-state index is 12.4. The van der Waals surface area contributed by atoms with Crippen molar-refractivity contribution in [2.45, 2.75) is 59.2 Å². The van der Waals surface area contributed by atoms with Gasteiger partial charge in [0, 0.05) is 6.54 Å². The third kappa shape index (κ3) is 6.06. The van der Waals surface area contributed by atoms with Gasteiger partial charge in [0.25, 0.3) is 0 Å². The lowest BCUT2D eigenvalue weighted by atomic mass is 9.98. The van der Waals surface area contributed by atoms with Gasteiger partial charge in [0.1, 0.15) is 17.4 Å². The van der Waals surface area contributed by atoms with Gasteiger partial charge in [0.2, 0.25) is 0 Å². The van der Waals surface area contributed by atoms with Crippen LogP contribution < -0.4 is 10.1 Å². The van der Waals surface area contributed by atoms with Crippen molar-refractivity contribution >= 4 is 5.97 Å². The molecule has 1 N–H and O–H groups in total. The van der Waals surface area contributed by atoms with E-state index in [1.165, 1.54) is 0 Å². The number of esters is 1. The number of methoxy groups -OCH3 is 1. The van der Waals surface area contributed by atoms with Crippen molar-refractivity contribution in [1.29, 1.82) is 0 Å². The number of rotatable bonds is 7. The molecule has 22 heavy (non-hydrogen) atoms. The first-order chi connectivity index (χ1) is 10.3. The Kier molecular flexibility index (Phi) is 6.88. The van der Waals surface area contributed by atoms with Crippen molar-refractivity contribution in [1.82, 2.24) is 5.32 Å². The first-order valence-electron chi connectivity index (χ1n) is 7.86. The minimum Gasteiger partial charge on any atom is -0.497 e. The molecule has 4 nitrogen and oxygen atoms in total. The zero-order chi connectivity index (χ0) is 16.8. The van der Waals surface area contributed by atoms with E-state index in [-0.39, 0.29) is 17.9 Å². The zero-order valence-electron chi connectivity index (χ0n) is 14.6. The van der Waals surface area contributed by atoms with Crippen molar-refractivity contribution in [2.75, 3.05) is 7.11 Å². The van der Waals surface area contributed by atoms with Gasteiger partial charge in [-0.1, -0.05) is 32.4 Å². The number of ether oxygens (including phenoxy) is 2. The lowest BCUT2D eigenvalue weighted by Crippen LogP contribution is -2.45. The number of carbonyl (C=O) groups is 1. The standard InChI is InChI=1S/C18H29NO3/c1-7-13(2)16(17(20)22-18(3,4)5)19-12-14-8-10-15(21-6)11-9-14/h8-11,13,16,19H,7,12H2,1-6H3/t13-,16-/m0/s1. The molecule has 2 atom stereocenters. The number of hydrogen-bond acceptors (Lipinski definition) is 4. The minimum atomic E-state index is -0.468.